The molecule has 0 spiro atoms. The van der Waals surface area contributed by atoms with Crippen molar-refractivity contribution in [3.8, 4) is 17.0 Å². The summed E-state index contributed by atoms with van der Waals surface area (Å²) in [4.78, 5) is 4.64. The van der Waals surface area contributed by atoms with E-state index in [-0.39, 0.29) is 5.75 Å². The number of aryl methyl sites for hydroxylation is 2. The highest BCUT2D eigenvalue weighted by Crippen LogP contribution is 2.35. The van der Waals surface area contributed by atoms with Gasteiger partial charge in [0.1, 0.15) is 22.9 Å². The maximum atomic E-state index is 13.2. The van der Waals surface area contributed by atoms with Gasteiger partial charge in [-0.25, -0.2) is 4.98 Å². The summed E-state index contributed by atoms with van der Waals surface area (Å²) < 4.78 is 57.2. The van der Waals surface area contributed by atoms with Crippen LogP contribution < -0.4 is 10.1 Å². The first kappa shape index (κ1) is 22.0. The molecule has 0 aliphatic carbocycles. The maximum absolute atomic E-state index is 13.2. The minimum absolute atomic E-state index is 0.380. The van der Waals surface area contributed by atoms with Crippen LogP contribution in [0.25, 0.3) is 16.9 Å². The molecule has 2 heterocycles. The van der Waals surface area contributed by atoms with Crippen LogP contribution in [0.5, 0.6) is 5.75 Å². The number of para-hydroxylation sites is 1. The molecule has 32 heavy (non-hydrogen) atoms. The van der Waals surface area contributed by atoms with Gasteiger partial charge in [-0.05, 0) is 61.4 Å². The molecule has 0 aliphatic heterocycles. The summed E-state index contributed by atoms with van der Waals surface area (Å²) in [6, 6.07) is 14.7. The van der Waals surface area contributed by atoms with Gasteiger partial charge < -0.3 is 10.1 Å². The number of anilines is 2. The van der Waals surface area contributed by atoms with E-state index < -0.39 is 12.5 Å². The van der Waals surface area contributed by atoms with Gasteiger partial charge in [-0.15, -0.1) is 0 Å². The number of hydrogen-bond donors (Lipinski definition) is 1. The van der Waals surface area contributed by atoms with E-state index in [0.717, 1.165) is 16.8 Å². The van der Waals surface area contributed by atoms with E-state index in [1.54, 1.807) is 22.7 Å². The zero-order chi connectivity index (χ0) is 23.0. The van der Waals surface area contributed by atoms with E-state index in [4.69, 9.17) is 11.6 Å². The predicted octanol–water partition coefficient (Wildman–Crippen LogP) is 7.25. The average Bonchev–Trinajstić information content (AvgIpc) is 3.08. The highest BCUT2D eigenvalue weighted by molar-refractivity contribution is 6.30. The Morgan fingerprint density at radius 1 is 1.00 bits per heavy atom. The van der Waals surface area contributed by atoms with Gasteiger partial charge in [0.15, 0.2) is 0 Å². The van der Waals surface area contributed by atoms with Crippen LogP contribution in [-0.2, 0) is 0 Å². The highest BCUT2D eigenvalue weighted by atomic mass is 35.5. The van der Waals surface area contributed by atoms with Crippen molar-refractivity contribution in [2.45, 2.75) is 26.4 Å². The summed E-state index contributed by atoms with van der Waals surface area (Å²) in [5.41, 5.74) is 4.65. The number of fused-ring (bicyclic) bond motifs is 1. The summed E-state index contributed by atoms with van der Waals surface area (Å²) in [7, 11) is 0. The number of hydrogen-bond acceptors (Lipinski definition) is 3. The van der Waals surface area contributed by atoms with Crippen molar-refractivity contribution >= 4 is 28.8 Å². The third-order valence-corrected chi connectivity index (χ3v) is 5.17. The van der Waals surface area contributed by atoms with Crippen molar-refractivity contribution < 1.29 is 22.3 Å². The lowest BCUT2D eigenvalue weighted by atomic mass is 10.1. The van der Waals surface area contributed by atoms with Gasteiger partial charge in [-0.3, -0.25) is 4.40 Å². The van der Waals surface area contributed by atoms with Gasteiger partial charge in [0.2, 0.25) is 0 Å². The van der Waals surface area contributed by atoms with Crippen LogP contribution in [0.3, 0.4) is 0 Å². The largest absolute Gasteiger partial charge is 0.461 e. The third kappa shape index (κ3) is 4.23. The fourth-order valence-corrected chi connectivity index (χ4v) is 3.51. The summed E-state index contributed by atoms with van der Waals surface area (Å²) in [5, 5.41) is 3.92. The molecule has 0 bridgehead atoms. The molecule has 166 valence electrons. The number of nitrogens with zero attached hydrogens (tertiary/aromatic N) is 2. The van der Waals surface area contributed by atoms with Gasteiger partial charge >= 0.3 is 12.5 Å². The fourth-order valence-electron chi connectivity index (χ4n) is 3.35. The number of pyridine rings is 1. The number of rotatable bonds is 6. The molecule has 4 aromatic rings. The number of alkyl halides is 4. The molecule has 2 aromatic heterocycles. The molecule has 0 saturated carbocycles. The Kier molecular flexibility index (Phi) is 5.73. The van der Waals surface area contributed by atoms with E-state index in [2.05, 4.69) is 15.0 Å². The topological polar surface area (TPSA) is 38.6 Å². The molecule has 1 N–H and O–H groups in total. The lowest BCUT2D eigenvalue weighted by molar-refractivity contribution is -0.253. The molecule has 9 heteroatoms. The smallest absolute Gasteiger partial charge is 0.428 e. The van der Waals surface area contributed by atoms with Crippen LogP contribution in [0.1, 0.15) is 11.1 Å². The standard InChI is InChI=1S/C23H18ClF4N3O/c1-13-4-3-5-14(2)19(13)30-21-20(29-18-11-8-16(24)12-31(18)21)15-6-9-17(10-7-15)32-23(27,28)22(25)26/h3-12,22,30H,1-2H3. The molecule has 0 radical (unpaired) electrons. The first-order valence-corrected chi connectivity index (χ1v) is 10.00. The Balaban J connectivity index is 1.78. The average molecular weight is 464 g/mol. The van der Waals surface area contributed by atoms with E-state index in [1.165, 1.54) is 24.3 Å². The molecule has 4 rings (SSSR count). The van der Waals surface area contributed by atoms with Gasteiger partial charge in [-0.2, -0.15) is 17.6 Å². The number of imidazole rings is 1. The van der Waals surface area contributed by atoms with Gasteiger partial charge in [0, 0.05) is 17.4 Å². The van der Waals surface area contributed by atoms with Crippen molar-refractivity contribution in [1.29, 1.82) is 0 Å². The third-order valence-electron chi connectivity index (χ3n) is 4.94. The molecule has 0 unspecified atom stereocenters. The van der Waals surface area contributed by atoms with Crippen LogP contribution in [0.2, 0.25) is 5.02 Å². The molecule has 4 nitrogen and oxygen atoms in total. The number of halogens is 5. The lowest BCUT2D eigenvalue weighted by Crippen LogP contribution is -2.33. The second-order valence-corrected chi connectivity index (χ2v) is 7.70. The maximum Gasteiger partial charge on any atom is 0.461 e. The second-order valence-electron chi connectivity index (χ2n) is 7.27. The summed E-state index contributed by atoms with van der Waals surface area (Å²) in [6.45, 7) is 3.95. The first-order chi connectivity index (χ1) is 15.2. The van der Waals surface area contributed by atoms with Crippen LogP contribution in [-0.4, -0.2) is 21.9 Å². The molecule has 0 atom stereocenters. The normalized spacial score (nSPS) is 11.9. The van der Waals surface area contributed by atoms with Crippen molar-refractivity contribution in [3.63, 3.8) is 0 Å². The monoisotopic (exact) mass is 463 g/mol. The number of benzene rings is 2. The fraction of sp³-hybridized carbons (Fsp3) is 0.174. The zero-order valence-electron chi connectivity index (χ0n) is 17.0. The summed E-state index contributed by atoms with van der Waals surface area (Å²) in [6.07, 6.45) is -6.79. The zero-order valence-corrected chi connectivity index (χ0v) is 17.8. The number of nitrogens with one attached hydrogen (secondary N) is 1. The predicted molar refractivity (Wildman–Crippen MR) is 116 cm³/mol. The van der Waals surface area contributed by atoms with Crippen molar-refractivity contribution in [2.75, 3.05) is 5.32 Å². The van der Waals surface area contributed by atoms with Crippen molar-refractivity contribution in [2.24, 2.45) is 0 Å². The van der Waals surface area contributed by atoms with Crippen molar-refractivity contribution in [3.05, 3.63) is 76.9 Å². The van der Waals surface area contributed by atoms with E-state index >= 15 is 0 Å². The molecular formula is C23H18ClF4N3O. The van der Waals surface area contributed by atoms with Gasteiger partial charge in [0.05, 0.1) is 5.02 Å². The molecule has 0 fully saturated rings. The minimum Gasteiger partial charge on any atom is -0.428 e. The van der Waals surface area contributed by atoms with Gasteiger partial charge in [-0.1, -0.05) is 29.8 Å². The van der Waals surface area contributed by atoms with Crippen LogP contribution in [0.15, 0.2) is 60.8 Å². The summed E-state index contributed by atoms with van der Waals surface area (Å²) in [5.74, 6) is 0.238. The second kappa shape index (κ2) is 8.35. The SMILES string of the molecule is Cc1cccc(C)c1Nc1c(-c2ccc(OC(F)(F)C(F)F)cc2)nc2ccc(Cl)cn12. The lowest BCUT2D eigenvalue weighted by Gasteiger charge is -2.17. The Morgan fingerprint density at radius 3 is 2.28 bits per heavy atom. The molecule has 0 saturated heterocycles. The van der Waals surface area contributed by atoms with Crippen LogP contribution in [0, 0.1) is 13.8 Å². The van der Waals surface area contributed by atoms with E-state index in [1.807, 2.05) is 32.0 Å². The Hall–Kier alpha value is -3.26. The minimum atomic E-state index is -4.57. The highest BCUT2D eigenvalue weighted by Gasteiger charge is 2.43. The molecule has 0 aliphatic rings. The Bertz CT molecular complexity index is 1250. The molecule has 0 amide bonds. The quantitative estimate of drug-likeness (QED) is 0.306. The summed E-state index contributed by atoms with van der Waals surface area (Å²) >= 11 is 6.19. The molecule has 2 aromatic carbocycles. The number of aromatic nitrogens is 2. The van der Waals surface area contributed by atoms with Crippen LogP contribution >= 0.6 is 11.6 Å². The Labute approximate surface area is 186 Å². The first-order valence-electron chi connectivity index (χ1n) is 9.62. The van der Waals surface area contributed by atoms with Crippen LogP contribution in [0.4, 0.5) is 29.1 Å². The molecular weight excluding hydrogens is 446 g/mol. The van der Waals surface area contributed by atoms with Gasteiger partial charge in [0.25, 0.3) is 0 Å². The van der Waals surface area contributed by atoms with Crippen molar-refractivity contribution in [1.82, 2.24) is 9.38 Å². The Morgan fingerprint density at radius 2 is 1.66 bits per heavy atom. The van der Waals surface area contributed by atoms with E-state index in [0.29, 0.717) is 27.7 Å². The number of ether oxygens (including phenoxy) is 1. The van der Waals surface area contributed by atoms with E-state index in [9.17, 15) is 17.6 Å².